The van der Waals surface area contributed by atoms with Crippen LogP contribution in [0.5, 0.6) is 5.75 Å². The molecule has 3 N–H and O–H groups in total. The Labute approximate surface area is 131 Å². The largest absolute Gasteiger partial charge is 0.489 e. The van der Waals surface area contributed by atoms with Gasteiger partial charge in [0.1, 0.15) is 11.6 Å². The summed E-state index contributed by atoms with van der Waals surface area (Å²) in [7, 11) is 0. The molecule has 1 aromatic heterocycles. The number of nitrogens with one attached hydrogen (secondary N) is 1. The van der Waals surface area contributed by atoms with Crippen molar-refractivity contribution >= 4 is 15.9 Å². The van der Waals surface area contributed by atoms with E-state index in [1.807, 2.05) is 19.9 Å². The fraction of sp³-hybridized carbons (Fsp3) is 0.267. The van der Waals surface area contributed by atoms with Crippen LogP contribution in [-0.2, 0) is 0 Å². The molecule has 0 saturated carbocycles. The molecule has 0 fully saturated rings. The Bertz CT molecular complexity index is 622. The van der Waals surface area contributed by atoms with E-state index < -0.39 is 0 Å². The standard InChI is InChI=1S/C15H17BrFN3O/c1-9(2)21-12-5-11(7-19-8-12)15(20-18)10-3-4-14(17)13(16)6-10/h3-9,15,20H,18H2,1-2H3. The van der Waals surface area contributed by atoms with E-state index in [2.05, 4.69) is 26.3 Å². The number of pyridine rings is 1. The number of hydrazine groups is 1. The van der Waals surface area contributed by atoms with E-state index in [4.69, 9.17) is 10.6 Å². The predicted molar refractivity (Wildman–Crippen MR) is 83.3 cm³/mol. The van der Waals surface area contributed by atoms with Crippen molar-refractivity contribution in [3.8, 4) is 5.75 Å². The second kappa shape index (κ2) is 6.98. The van der Waals surface area contributed by atoms with Crippen LogP contribution in [-0.4, -0.2) is 11.1 Å². The van der Waals surface area contributed by atoms with E-state index in [1.165, 1.54) is 6.07 Å². The first-order valence-electron chi connectivity index (χ1n) is 6.54. The van der Waals surface area contributed by atoms with Gasteiger partial charge in [0.2, 0.25) is 0 Å². The lowest BCUT2D eigenvalue weighted by atomic mass is 10.0. The molecule has 1 aromatic carbocycles. The summed E-state index contributed by atoms with van der Waals surface area (Å²) in [5.74, 6) is 6.00. The molecule has 0 aliphatic rings. The molecule has 2 rings (SSSR count). The van der Waals surface area contributed by atoms with Crippen LogP contribution in [0.4, 0.5) is 4.39 Å². The van der Waals surface area contributed by atoms with Crippen molar-refractivity contribution in [2.45, 2.75) is 26.0 Å². The van der Waals surface area contributed by atoms with Crippen molar-refractivity contribution in [3.05, 3.63) is 58.1 Å². The van der Waals surface area contributed by atoms with Crippen LogP contribution in [0.25, 0.3) is 0 Å². The van der Waals surface area contributed by atoms with Gasteiger partial charge in [0.05, 0.1) is 22.8 Å². The summed E-state index contributed by atoms with van der Waals surface area (Å²) in [5.41, 5.74) is 4.39. The molecule has 0 saturated heterocycles. The number of aromatic nitrogens is 1. The van der Waals surface area contributed by atoms with Crippen molar-refractivity contribution in [1.29, 1.82) is 0 Å². The lowest BCUT2D eigenvalue weighted by Gasteiger charge is -2.18. The number of ether oxygens (including phenoxy) is 1. The van der Waals surface area contributed by atoms with Gasteiger partial charge < -0.3 is 4.74 Å². The minimum atomic E-state index is -0.315. The van der Waals surface area contributed by atoms with Crippen molar-refractivity contribution in [2.75, 3.05) is 0 Å². The molecular weight excluding hydrogens is 337 g/mol. The highest BCUT2D eigenvalue weighted by molar-refractivity contribution is 9.10. The average molecular weight is 354 g/mol. The number of hydrogen-bond acceptors (Lipinski definition) is 4. The first-order valence-corrected chi connectivity index (χ1v) is 7.33. The number of hydrogen-bond donors (Lipinski definition) is 2. The molecule has 0 bridgehead atoms. The Kier molecular flexibility index (Phi) is 5.27. The van der Waals surface area contributed by atoms with Gasteiger partial charge in [-0.25, -0.2) is 9.82 Å². The van der Waals surface area contributed by atoms with Gasteiger partial charge in [0.15, 0.2) is 0 Å². The van der Waals surface area contributed by atoms with Gasteiger partial charge in [-0.1, -0.05) is 6.07 Å². The Morgan fingerprint density at radius 1 is 1.24 bits per heavy atom. The summed E-state index contributed by atoms with van der Waals surface area (Å²) >= 11 is 3.18. The molecule has 2 aromatic rings. The minimum Gasteiger partial charge on any atom is -0.489 e. The van der Waals surface area contributed by atoms with E-state index >= 15 is 0 Å². The molecule has 0 radical (unpaired) electrons. The highest BCUT2D eigenvalue weighted by Crippen LogP contribution is 2.27. The third-order valence-corrected chi connectivity index (χ3v) is 3.49. The molecule has 0 aliphatic heterocycles. The summed E-state index contributed by atoms with van der Waals surface area (Å²) in [5, 5.41) is 0. The molecule has 6 heteroatoms. The van der Waals surface area contributed by atoms with E-state index in [9.17, 15) is 4.39 Å². The summed E-state index contributed by atoms with van der Waals surface area (Å²) < 4.78 is 19.4. The second-order valence-corrected chi connectivity index (χ2v) is 5.75. The Hall–Kier alpha value is -1.50. The number of nitrogens with zero attached hydrogens (tertiary/aromatic N) is 1. The number of nitrogens with two attached hydrogens (primary N) is 1. The fourth-order valence-corrected chi connectivity index (χ4v) is 2.40. The molecular formula is C15H17BrFN3O. The molecule has 0 spiro atoms. The van der Waals surface area contributed by atoms with Gasteiger partial charge in [-0.3, -0.25) is 10.8 Å². The molecule has 0 aliphatic carbocycles. The molecule has 1 atom stereocenters. The van der Waals surface area contributed by atoms with Crippen LogP contribution in [0.1, 0.15) is 31.0 Å². The van der Waals surface area contributed by atoms with E-state index in [0.29, 0.717) is 10.2 Å². The third-order valence-electron chi connectivity index (χ3n) is 2.88. The quantitative estimate of drug-likeness (QED) is 0.639. The van der Waals surface area contributed by atoms with Crippen molar-refractivity contribution in [3.63, 3.8) is 0 Å². The Morgan fingerprint density at radius 3 is 2.62 bits per heavy atom. The normalized spacial score (nSPS) is 12.5. The monoisotopic (exact) mass is 353 g/mol. The maximum absolute atomic E-state index is 13.3. The minimum absolute atomic E-state index is 0.0614. The highest BCUT2D eigenvalue weighted by Gasteiger charge is 2.15. The summed E-state index contributed by atoms with van der Waals surface area (Å²) in [4.78, 5) is 4.17. The summed E-state index contributed by atoms with van der Waals surface area (Å²) in [6.45, 7) is 3.89. The predicted octanol–water partition coefficient (Wildman–Crippen LogP) is 3.32. The zero-order valence-electron chi connectivity index (χ0n) is 11.8. The average Bonchev–Trinajstić information content (AvgIpc) is 2.43. The van der Waals surface area contributed by atoms with E-state index in [1.54, 1.807) is 24.5 Å². The van der Waals surface area contributed by atoms with Crippen molar-refractivity contribution < 1.29 is 9.13 Å². The molecule has 1 heterocycles. The van der Waals surface area contributed by atoms with Gasteiger partial charge in [0, 0.05) is 6.20 Å². The topological polar surface area (TPSA) is 60.2 Å². The third kappa shape index (κ3) is 4.00. The molecule has 112 valence electrons. The molecule has 4 nitrogen and oxygen atoms in total. The zero-order chi connectivity index (χ0) is 15.4. The smallest absolute Gasteiger partial charge is 0.138 e. The molecule has 1 unspecified atom stereocenters. The second-order valence-electron chi connectivity index (χ2n) is 4.89. The van der Waals surface area contributed by atoms with Gasteiger partial charge in [-0.05, 0) is 59.1 Å². The molecule has 0 amide bonds. The highest BCUT2D eigenvalue weighted by atomic mass is 79.9. The lowest BCUT2D eigenvalue weighted by molar-refractivity contribution is 0.241. The van der Waals surface area contributed by atoms with Crippen LogP contribution in [0, 0.1) is 5.82 Å². The van der Waals surface area contributed by atoms with Crippen LogP contribution in [0.3, 0.4) is 0 Å². The number of halogens is 2. The maximum Gasteiger partial charge on any atom is 0.138 e. The molecule has 21 heavy (non-hydrogen) atoms. The summed E-state index contributed by atoms with van der Waals surface area (Å²) in [6, 6.07) is 6.33. The Balaban J connectivity index is 2.34. The van der Waals surface area contributed by atoms with Gasteiger partial charge >= 0.3 is 0 Å². The zero-order valence-corrected chi connectivity index (χ0v) is 13.4. The maximum atomic E-state index is 13.3. The van der Waals surface area contributed by atoms with Gasteiger partial charge in [-0.2, -0.15) is 0 Å². The van der Waals surface area contributed by atoms with Crippen LogP contribution in [0.15, 0.2) is 41.1 Å². The van der Waals surface area contributed by atoms with E-state index in [-0.39, 0.29) is 18.0 Å². The first-order chi connectivity index (χ1) is 10.0. The van der Waals surface area contributed by atoms with Crippen LogP contribution < -0.4 is 16.0 Å². The van der Waals surface area contributed by atoms with E-state index in [0.717, 1.165) is 11.1 Å². The number of rotatable bonds is 5. The fourth-order valence-electron chi connectivity index (χ4n) is 2.01. The van der Waals surface area contributed by atoms with Gasteiger partial charge in [0.25, 0.3) is 0 Å². The van der Waals surface area contributed by atoms with Crippen LogP contribution in [0.2, 0.25) is 0 Å². The number of benzene rings is 1. The Morgan fingerprint density at radius 2 is 2.00 bits per heavy atom. The van der Waals surface area contributed by atoms with Gasteiger partial charge in [-0.15, -0.1) is 0 Å². The van der Waals surface area contributed by atoms with Crippen molar-refractivity contribution in [1.82, 2.24) is 10.4 Å². The summed E-state index contributed by atoms with van der Waals surface area (Å²) in [6.07, 6.45) is 3.42. The lowest BCUT2D eigenvalue weighted by Crippen LogP contribution is -2.29. The van der Waals surface area contributed by atoms with Crippen molar-refractivity contribution in [2.24, 2.45) is 5.84 Å². The van der Waals surface area contributed by atoms with Crippen LogP contribution >= 0.6 is 15.9 Å². The first kappa shape index (κ1) is 15.9. The SMILES string of the molecule is CC(C)Oc1cncc(C(NN)c2ccc(F)c(Br)c2)c1.